The molecule has 0 saturated heterocycles. The summed E-state index contributed by atoms with van der Waals surface area (Å²) in [5, 5.41) is 0. The van der Waals surface area contributed by atoms with Crippen LogP contribution in [-0.2, 0) is 10.3 Å². The lowest BCUT2D eigenvalue weighted by atomic mass is 9.74. The summed E-state index contributed by atoms with van der Waals surface area (Å²) < 4.78 is 42.7. The second-order valence-corrected chi connectivity index (χ2v) is 5.26. The minimum Gasteiger partial charge on any atom is -0.280 e. The maximum Gasteiger partial charge on any atom is 0.523 e. The van der Waals surface area contributed by atoms with Crippen LogP contribution in [0.1, 0.15) is 44.6 Å². The Morgan fingerprint density at radius 1 is 1.16 bits per heavy atom. The molecule has 0 N–H and O–H groups in total. The molecular formula is C15H19F3O. The van der Waals surface area contributed by atoms with E-state index in [0.29, 0.717) is 24.3 Å². The highest BCUT2D eigenvalue weighted by atomic mass is 19.4. The van der Waals surface area contributed by atoms with E-state index in [4.69, 9.17) is 0 Å². The van der Waals surface area contributed by atoms with Gasteiger partial charge in [-0.05, 0) is 37.2 Å². The number of hydrogen-bond acceptors (Lipinski definition) is 1. The van der Waals surface area contributed by atoms with Crippen molar-refractivity contribution in [2.45, 2.75) is 51.0 Å². The molecule has 0 aliphatic heterocycles. The van der Waals surface area contributed by atoms with E-state index in [1.54, 1.807) is 24.3 Å². The van der Waals surface area contributed by atoms with E-state index in [1.165, 1.54) is 0 Å². The molecule has 0 unspecified atom stereocenters. The average molecular weight is 272 g/mol. The van der Waals surface area contributed by atoms with E-state index in [-0.39, 0.29) is 0 Å². The maximum atomic E-state index is 12.7. The molecule has 1 saturated carbocycles. The largest absolute Gasteiger partial charge is 0.523 e. The summed E-state index contributed by atoms with van der Waals surface area (Å²) in [6.45, 7) is 2.09. The molecule has 0 aromatic heterocycles. The van der Waals surface area contributed by atoms with Crippen LogP contribution in [0.25, 0.3) is 0 Å². The Morgan fingerprint density at radius 2 is 1.74 bits per heavy atom. The molecule has 0 amide bonds. The molecule has 0 bridgehead atoms. The predicted molar refractivity (Wildman–Crippen MR) is 67.5 cm³/mol. The first-order valence-corrected chi connectivity index (χ1v) is 6.77. The van der Waals surface area contributed by atoms with E-state index in [2.05, 4.69) is 11.7 Å². The molecule has 106 valence electrons. The molecule has 0 atom stereocenters. The monoisotopic (exact) mass is 272 g/mol. The van der Waals surface area contributed by atoms with E-state index in [1.807, 2.05) is 6.07 Å². The molecule has 1 aromatic carbocycles. The predicted octanol–water partition coefficient (Wildman–Crippen LogP) is 5.02. The summed E-state index contributed by atoms with van der Waals surface area (Å²) in [5.74, 6) is 0.522. The van der Waals surface area contributed by atoms with Gasteiger partial charge >= 0.3 is 6.36 Å². The van der Waals surface area contributed by atoms with Crippen molar-refractivity contribution in [2.24, 2.45) is 5.92 Å². The Bertz CT molecular complexity index is 392. The molecule has 0 radical (unpaired) electrons. The van der Waals surface area contributed by atoms with E-state index >= 15 is 0 Å². The SMILES string of the molecule is CCC1CCC(OC(F)(F)F)(c2ccccc2)CC1. The van der Waals surface area contributed by atoms with Crippen LogP contribution in [0.5, 0.6) is 0 Å². The number of alkyl halides is 3. The highest BCUT2D eigenvalue weighted by Crippen LogP contribution is 2.46. The van der Waals surface area contributed by atoms with Crippen LogP contribution < -0.4 is 0 Å². The van der Waals surface area contributed by atoms with Crippen molar-refractivity contribution in [3.8, 4) is 0 Å². The number of hydrogen-bond donors (Lipinski definition) is 0. The first-order valence-electron chi connectivity index (χ1n) is 6.77. The normalized spacial score (nSPS) is 28.3. The van der Waals surface area contributed by atoms with Crippen LogP contribution in [0.4, 0.5) is 13.2 Å². The van der Waals surface area contributed by atoms with Gasteiger partial charge in [0.1, 0.15) is 5.60 Å². The van der Waals surface area contributed by atoms with Crippen molar-refractivity contribution in [2.75, 3.05) is 0 Å². The fourth-order valence-electron chi connectivity index (χ4n) is 2.97. The molecular weight excluding hydrogens is 253 g/mol. The van der Waals surface area contributed by atoms with Gasteiger partial charge in [-0.2, -0.15) is 0 Å². The summed E-state index contributed by atoms with van der Waals surface area (Å²) in [5.41, 5.74) is -0.549. The first kappa shape index (κ1) is 14.4. The smallest absolute Gasteiger partial charge is 0.280 e. The van der Waals surface area contributed by atoms with Crippen molar-refractivity contribution in [3.63, 3.8) is 0 Å². The number of benzene rings is 1. The van der Waals surface area contributed by atoms with Gasteiger partial charge in [0.25, 0.3) is 0 Å². The summed E-state index contributed by atoms with van der Waals surface area (Å²) >= 11 is 0. The summed E-state index contributed by atoms with van der Waals surface area (Å²) in [6, 6.07) is 8.81. The van der Waals surface area contributed by atoms with Gasteiger partial charge < -0.3 is 0 Å². The molecule has 0 heterocycles. The highest BCUT2D eigenvalue weighted by molar-refractivity contribution is 5.23. The summed E-state index contributed by atoms with van der Waals surface area (Å²) in [7, 11) is 0. The third-order valence-electron chi connectivity index (χ3n) is 4.10. The highest BCUT2D eigenvalue weighted by Gasteiger charge is 2.46. The van der Waals surface area contributed by atoms with Crippen LogP contribution in [-0.4, -0.2) is 6.36 Å². The van der Waals surface area contributed by atoms with Gasteiger partial charge in [0, 0.05) is 0 Å². The van der Waals surface area contributed by atoms with Crippen LogP contribution in [0.3, 0.4) is 0 Å². The Kier molecular flexibility index (Phi) is 4.19. The van der Waals surface area contributed by atoms with Gasteiger partial charge in [-0.25, -0.2) is 0 Å². The molecule has 1 nitrogen and oxygen atoms in total. The Morgan fingerprint density at radius 3 is 2.21 bits per heavy atom. The number of halogens is 3. The Hall–Kier alpha value is -1.03. The lowest BCUT2D eigenvalue weighted by Crippen LogP contribution is -2.39. The van der Waals surface area contributed by atoms with Gasteiger partial charge in [-0.3, -0.25) is 4.74 Å². The van der Waals surface area contributed by atoms with E-state index < -0.39 is 12.0 Å². The second kappa shape index (κ2) is 5.53. The topological polar surface area (TPSA) is 9.23 Å². The molecule has 1 fully saturated rings. The molecule has 1 aromatic rings. The zero-order valence-corrected chi connectivity index (χ0v) is 11.0. The minimum absolute atomic E-state index is 0.440. The third-order valence-corrected chi connectivity index (χ3v) is 4.10. The van der Waals surface area contributed by atoms with Gasteiger partial charge in [-0.1, -0.05) is 43.7 Å². The van der Waals surface area contributed by atoms with E-state index in [9.17, 15) is 13.2 Å². The molecule has 19 heavy (non-hydrogen) atoms. The van der Waals surface area contributed by atoms with Crippen LogP contribution in [0, 0.1) is 5.92 Å². The molecule has 2 rings (SSSR count). The second-order valence-electron chi connectivity index (χ2n) is 5.26. The lowest BCUT2D eigenvalue weighted by molar-refractivity contribution is -0.376. The minimum atomic E-state index is -4.59. The zero-order chi connectivity index (χ0) is 13.9. The number of ether oxygens (including phenoxy) is 1. The average Bonchev–Trinajstić information content (AvgIpc) is 2.39. The fraction of sp³-hybridized carbons (Fsp3) is 0.600. The lowest BCUT2D eigenvalue weighted by Gasteiger charge is -2.40. The van der Waals surface area contributed by atoms with Crippen molar-refractivity contribution in [1.29, 1.82) is 0 Å². The summed E-state index contributed by atoms with van der Waals surface area (Å²) in [6.07, 6.45) is -1.10. The van der Waals surface area contributed by atoms with Gasteiger partial charge in [0.2, 0.25) is 0 Å². The maximum absolute atomic E-state index is 12.7. The van der Waals surface area contributed by atoms with Gasteiger partial charge in [0.15, 0.2) is 0 Å². The van der Waals surface area contributed by atoms with E-state index in [0.717, 1.165) is 19.3 Å². The Labute approximate surface area is 111 Å². The van der Waals surface area contributed by atoms with Crippen LogP contribution in [0.2, 0.25) is 0 Å². The molecule has 4 heteroatoms. The quantitative estimate of drug-likeness (QED) is 0.750. The van der Waals surface area contributed by atoms with Crippen molar-refractivity contribution in [1.82, 2.24) is 0 Å². The molecule has 1 aliphatic rings. The standard InChI is InChI=1S/C15H19F3O/c1-2-12-8-10-14(11-9-12,19-15(16,17)18)13-6-4-3-5-7-13/h3-7,12H,2,8-11H2,1H3. The first-order chi connectivity index (χ1) is 8.95. The molecule has 0 spiro atoms. The summed E-state index contributed by atoms with van der Waals surface area (Å²) in [4.78, 5) is 0. The van der Waals surface area contributed by atoms with Gasteiger partial charge in [-0.15, -0.1) is 13.2 Å². The number of rotatable bonds is 3. The fourth-order valence-corrected chi connectivity index (χ4v) is 2.97. The van der Waals surface area contributed by atoms with Crippen LogP contribution in [0.15, 0.2) is 30.3 Å². The van der Waals surface area contributed by atoms with Crippen molar-refractivity contribution in [3.05, 3.63) is 35.9 Å². The van der Waals surface area contributed by atoms with Crippen molar-refractivity contribution >= 4 is 0 Å². The van der Waals surface area contributed by atoms with Crippen molar-refractivity contribution < 1.29 is 17.9 Å². The van der Waals surface area contributed by atoms with Crippen LogP contribution >= 0.6 is 0 Å². The zero-order valence-electron chi connectivity index (χ0n) is 11.0. The third kappa shape index (κ3) is 3.50. The molecule has 1 aliphatic carbocycles. The Balaban J connectivity index is 2.25. The van der Waals surface area contributed by atoms with Gasteiger partial charge in [0.05, 0.1) is 0 Å².